The summed E-state index contributed by atoms with van der Waals surface area (Å²) in [7, 11) is 0. The Labute approximate surface area is 164 Å². The van der Waals surface area contributed by atoms with Gasteiger partial charge in [0, 0.05) is 35.8 Å². The maximum Gasteiger partial charge on any atom is 0.252 e. The molecule has 0 bridgehead atoms. The minimum atomic E-state index is -0.0150. The van der Waals surface area contributed by atoms with E-state index in [2.05, 4.69) is 15.4 Å². The van der Waals surface area contributed by atoms with Crippen LogP contribution in [-0.2, 0) is 10.5 Å². The Hall–Kier alpha value is -1.83. The van der Waals surface area contributed by atoms with Crippen molar-refractivity contribution in [2.24, 2.45) is 0 Å². The first-order valence-corrected chi connectivity index (χ1v) is 10.4. The van der Waals surface area contributed by atoms with E-state index in [1.54, 1.807) is 11.8 Å². The number of morpholine rings is 1. The van der Waals surface area contributed by atoms with Gasteiger partial charge in [-0.1, -0.05) is 17.3 Å². The van der Waals surface area contributed by atoms with Gasteiger partial charge >= 0.3 is 0 Å². The van der Waals surface area contributed by atoms with Crippen LogP contribution < -0.4 is 5.32 Å². The number of aromatic nitrogens is 1. The molecule has 1 aromatic heterocycles. The lowest BCUT2D eigenvalue weighted by molar-refractivity contribution is 0.0374. The number of nitrogens with zero attached hydrogens (tertiary/aromatic N) is 2. The molecule has 1 aromatic carbocycles. The third-order valence-corrected chi connectivity index (χ3v) is 5.83. The molecular weight excluding hydrogens is 362 g/mol. The van der Waals surface area contributed by atoms with Crippen molar-refractivity contribution in [1.29, 1.82) is 0 Å². The van der Waals surface area contributed by atoms with E-state index in [9.17, 15) is 4.79 Å². The highest BCUT2D eigenvalue weighted by atomic mass is 32.2. The minimum absolute atomic E-state index is 0.0150. The number of rotatable bonds is 8. The van der Waals surface area contributed by atoms with Crippen molar-refractivity contribution in [3.05, 3.63) is 46.8 Å². The first-order chi connectivity index (χ1) is 13.1. The van der Waals surface area contributed by atoms with Crippen LogP contribution in [0, 0.1) is 13.8 Å². The monoisotopic (exact) mass is 389 g/mol. The standard InChI is InChI=1S/C20H27N3O3S/c1-15-18(16(2)26-22-15)14-27-19-7-4-3-6-17(19)20(24)21-8-5-9-23-10-12-25-13-11-23/h3-4,6-7H,5,8-14H2,1-2H3,(H,21,24). The lowest BCUT2D eigenvalue weighted by Gasteiger charge is -2.26. The Morgan fingerprint density at radius 2 is 2.04 bits per heavy atom. The molecule has 1 saturated heterocycles. The van der Waals surface area contributed by atoms with E-state index in [0.717, 1.165) is 72.5 Å². The summed E-state index contributed by atoms with van der Waals surface area (Å²) in [6.07, 6.45) is 0.945. The fraction of sp³-hybridized carbons (Fsp3) is 0.500. The van der Waals surface area contributed by atoms with E-state index in [1.807, 2.05) is 38.1 Å². The molecule has 27 heavy (non-hydrogen) atoms. The molecule has 1 amide bonds. The van der Waals surface area contributed by atoms with E-state index in [-0.39, 0.29) is 5.91 Å². The van der Waals surface area contributed by atoms with Crippen LogP contribution in [0.2, 0.25) is 0 Å². The number of ether oxygens (including phenoxy) is 1. The molecule has 2 aromatic rings. The molecule has 1 aliphatic rings. The first kappa shape index (κ1) is 19.9. The van der Waals surface area contributed by atoms with Crippen molar-refractivity contribution >= 4 is 17.7 Å². The summed E-state index contributed by atoms with van der Waals surface area (Å²) in [6, 6.07) is 7.74. The Kier molecular flexibility index (Phi) is 7.32. The van der Waals surface area contributed by atoms with Gasteiger partial charge in [0.25, 0.3) is 5.91 Å². The quantitative estimate of drug-likeness (QED) is 0.553. The number of hydrogen-bond acceptors (Lipinski definition) is 6. The first-order valence-electron chi connectivity index (χ1n) is 9.37. The molecule has 0 atom stereocenters. The van der Waals surface area contributed by atoms with Crippen molar-refractivity contribution in [2.45, 2.75) is 30.9 Å². The molecule has 0 aliphatic carbocycles. The van der Waals surface area contributed by atoms with Gasteiger partial charge in [-0.3, -0.25) is 9.69 Å². The van der Waals surface area contributed by atoms with E-state index < -0.39 is 0 Å². The molecule has 0 saturated carbocycles. The van der Waals surface area contributed by atoms with Gasteiger partial charge < -0.3 is 14.6 Å². The predicted molar refractivity (Wildman–Crippen MR) is 106 cm³/mol. The Bertz CT molecular complexity index is 737. The molecule has 0 unspecified atom stereocenters. The second kappa shape index (κ2) is 9.92. The second-order valence-corrected chi connectivity index (χ2v) is 7.67. The fourth-order valence-corrected chi connectivity index (χ4v) is 4.27. The fourth-order valence-electron chi connectivity index (χ4n) is 3.06. The third-order valence-electron chi connectivity index (χ3n) is 4.73. The van der Waals surface area contributed by atoms with Gasteiger partial charge in [0.1, 0.15) is 5.76 Å². The molecule has 1 fully saturated rings. The van der Waals surface area contributed by atoms with Crippen molar-refractivity contribution < 1.29 is 14.1 Å². The third kappa shape index (κ3) is 5.57. The van der Waals surface area contributed by atoms with Crippen LogP contribution in [0.5, 0.6) is 0 Å². The van der Waals surface area contributed by atoms with Gasteiger partial charge in [0.15, 0.2) is 0 Å². The highest BCUT2D eigenvalue weighted by Crippen LogP contribution is 2.28. The Morgan fingerprint density at radius 3 is 2.78 bits per heavy atom. The van der Waals surface area contributed by atoms with Crippen LogP contribution in [0.15, 0.2) is 33.7 Å². The van der Waals surface area contributed by atoms with Crippen LogP contribution in [0.3, 0.4) is 0 Å². The molecule has 1 aliphatic heterocycles. The summed E-state index contributed by atoms with van der Waals surface area (Å²) in [6.45, 7) is 9.11. The average Bonchev–Trinajstić information content (AvgIpc) is 3.02. The van der Waals surface area contributed by atoms with E-state index in [4.69, 9.17) is 9.26 Å². The van der Waals surface area contributed by atoms with Gasteiger partial charge in [-0.05, 0) is 38.9 Å². The van der Waals surface area contributed by atoms with Gasteiger partial charge in [0.2, 0.25) is 0 Å². The number of hydrogen-bond donors (Lipinski definition) is 1. The van der Waals surface area contributed by atoms with Gasteiger partial charge in [-0.2, -0.15) is 0 Å². The second-order valence-electron chi connectivity index (χ2n) is 6.65. The van der Waals surface area contributed by atoms with Crippen molar-refractivity contribution in [2.75, 3.05) is 39.4 Å². The molecule has 6 nitrogen and oxygen atoms in total. The maximum absolute atomic E-state index is 12.6. The van der Waals surface area contributed by atoms with Crippen LogP contribution >= 0.6 is 11.8 Å². The number of aryl methyl sites for hydroxylation is 2. The number of carbonyl (C=O) groups excluding carboxylic acids is 1. The normalized spacial score (nSPS) is 15.0. The Morgan fingerprint density at radius 1 is 1.26 bits per heavy atom. The van der Waals surface area contributed by atoms with Crippen molar-refractivity contribution in [3.8, 4) is 0 Å². The van der Waals surface area contributed by atoms with Gasteiger partial charge in [0.05, 0.1) is 24.5 Å². The van der Waals surface area contributed by atoms with Crippen LogP contribution in [0.1, 0.15) is 33.8 Å². The van der Waals surface area contributed by atoms with Crippen molar-refractivity contribution in [3.63, 3.8) is 0 Å². The van der Waals surface area contributed by atoms with Crippen molar-refractivity contribution in [1.82, 2.24) is 15.4 Å². The average molecular weight is 390 g/mol. The van der Waals surface area contributed by atoms with E-state index in [1.165, 1.54) is 0 Å². The maximum atomic E-state index is 12.6. The van der Waals surface area contributed by atoms with Gasteiger partial charge in [-0.15, -0.1) is 11.8 Å². The summed E-state index contributed by atoms with van der Waals surface area (Å²) in [5, 5.41) is 7.05. The summed E-state index contributed by atoms with van der Waals surface area (Å²) in [5.41, 5.74) is 2.73. The highest BCUT2D eigenvalue weighted by molar-refractivity contribution is 7.98. The summed E-state index contributed by atoms with van der Waals surface area (Å²) in [4.78, 5) is 16.0. The number of benzene rings is 1. The Balaban J connectivity index is 1.50. The lowest BCUT2D eigenvalue weighted by atomic mass is 10.2. The van der Waals surface area contributed by atoms with Gasteiger partial charge in [-0.25, -0.2) is 0 Å². The van der Waals surface area contributed by atoms with Crippen LogP contribution in [-0.4, -0.2) is 55.4 Å². The number of thioether (sulfide) groups is 1. The molecular formula is C20H27N3O3S. The number of carbonyl (C=O) groups is 1. The molecule has 1 N–H and O–H groups in total. The van der Waals surface area contributed by atoms with Crippen LogP contribution in [0.4, 0.5) is 0 Å². The van der Waals surface area contributed by atoms with Crippen LogP contribution in [0.25, 0.3) is 0 Å². The molecule has 3 rings (SSSR count). The zero-order chi connectivity index (χ0) is 19.1. The summed E-state index contributed by atoms with van der Waals surface area (Å²) < 4.78 is 10.6. The summed E-state index contributed by atoms with van der Waals surface area (Å²) >= 11 is 1.64. The largest absolute Gasteiger partial charge is 0.379 e. The predicted octanol–water partition coefficient (Wildman–Crippen LogP) is 3.04. The smallest absolute Gasteiger partial charge is 0.252 e. The SMILES string of the molecule is Cc1noc(C)c1CSc1ccccc1C(=O)NCCCN1CCOCC1. The number of amides is 1. The van der Waals surface area contributed by atoms with E-state index >= 15 is 0 Å². The topological polar surface area (TPSA) is 67.6 Å². The molecule has 0 radical (unpaired) electrons. The van der Waals surface area contributed by atoms with E-state index in [0.29, 0.717) is 6.54 Å². The molecule has 7 heteroatoms. The zero-order valence-corrected chi connectivity index (χ0v) is 16.8. The number of nitrogens with one attached hydrogen (secondary N) is 1. The minimum Gasteiger partial charge on any atom is -0.379 e. The lowest BCUT2D eigenvalue weighted by Crippen LogP contribution is -2.38. The zero-order valence-electron chi connectivity index (χ0n) is 16.0. The summed E-state index contributed by atoms with van der Waals surface area (Å²) in [5.74, 6) is 1.56. The molecule has 0 spiro atoms. The molecule has 146 valence electrons. The molecule has 2 heterocycles. The highest BCUT2D eigenvalue weighted by Gasteiger charge is 2.14.